The van der Waals surface area contributed by atoms with E-state index in [4.69, 9.17) is 9.84 Å². The molecule has 2 aliphatic rings. The monoisotopic (exact) mass is 429 g/mol. The largest absolute Gasteiger partial charge is 0.490 e. The van der Waals surface area contributed by atoms with Crippen molar-refractivity contribution in [3.63, 3.8) is 0 Å². The van der Waals surface area contributed by atoms with Gasteiger partial charge < -0.3 is 19.7 Å². The van der Waals surface area contributed by atoms with Crippen LogP contribution < -0.4 is 4.74 Å². The summed E-state index contributed by atoms with van der Waals surface area (Å²) in [7, 11) is 0. The number of ketones is 1. The zero-order chi connectivity index (χ0) is 22.6. The van der Waals surface area contributed by atoms with E-state index in [1.807, 2.05) is 24.3 Å². The smallest absolute Gasteiger partial charge is 0.407 e. The maximum atomic E-state index is 13.6. The summed E-state index contributed by atoms with van der Waals surface area (Å²) in [4.78, 5) is 29.5. The van der Waals surface area contributed by atoms with Crippen molar-refractivity contribution in [2.75, 3.05) is 13.1 Å². The molecule has 1 fully saturated rings. The Balaban J connectivity index is 1.49. The van der Waals surface area contributed by atoms with Gasteiger partial charge in [-0.3, -0.25) is 4.79 Å². The molecule has 0 unspecified atom stereocenters. The van der Waals surface area contributed by atoms with Crippen LogP contribution >= 0.6 is 0 Å². The predicted molar refractivity (Wildman–Crippen MR) is 118 cm³/mol. The second-order valence-electron chi connectivity index (χ2n) is 9.00. The number of carboxylic acid groups (broad SMARTS) is 1. The maximum absolute atomic E-state index is 13.6. The van der Waals surface area contributed by atoms with Crippen molar-refractivity contribution in [3.05, 3.63) is 64.3 Å². The third-order valence-electron chi connectivity index (χ3n) is 6.70. The number of aromatic amines is 1. The van der Waals surface area contributed by atoms with Crippen LogP contribution in [0.5, 0.6) is 5.75 Å². The first kappa shape index (κ1) is 20.1. The second-order valence-corrected chi connectivity index (χ2v) is 9.00. The molecular formula is C25H23N3O4. The van der Waals surface area contributed by atoms with Gasteiger partial charge >= 0.3 is 6.09 Å². The molecule has 1 saturated heterocycles. The fourth-order valence-electron chi connectivity index (χ4n) is 4.93. The molecule has 2 aromatic carbocycles. The standard InChI is InChI=1S/C25H23N3O4/c1-25(2)19-6-4-16(32-15-7-9-28(10-8-15)24(30)31)12-18(19)22(29)21-17-5-3-14(13-26)11-20(17)27-23(21)25/h3-6,11-12,15,27H,7-10H2,1-2H3,(H,30,31). The highest BCUT2D eigenvalue weighted by Gasteiger charge is 2.40. The van der Waals surface area contributed by atoms with Gasteiger partial charge in [0.25, 0.3) is 0 Å². The van der Waals surface area contributed by atoms with E-state index < -0.39 is 11.5 Å². The van der Waals surface area contributed by atoms with Gasteiger partial charge in [0.05, 0.1) is 17.2 Å². The lowest BCUT2D eigenvalue weighted by atomic mass is 9.71. The van der Waals surface area contributed by atoms with Gasteiger partial charge in [-0.05, 0) is 29.8 Å². The van der Waals surface area contributed by atoms with E-state index >= 15 is 0 Å². The summed E-state index contributed by atoms with van der Waals surface area (Å²) >= 11 is 0. The SMILES string of the molecule is CC1(C)c2ccc(OC3CCN(C(=O)O)CC3)cc2C(=O)c2c1[nH]c1cc(C#N)ccc21. The summed E-state index contributed by atoms with van der Waals surface area (Å²) in [5.41, 5.74) is 3.95. The van der Waals surface area contributed by atoms with Crippen molar-refractivity contribution in [1.29, 1.82) is 5.26 Å². The number of fused-ring (bicyclic) bond motifs is 4. The van der Waals surface area contributed by atoms with Gasteiger partial charge in [-0.2, -0.15) is 5.26 Å². The van der Waals surface area contributed by atoms with Gasteiger partial charge in [0.1, 0.15) is 11.9 Å². The number of hydrogen-bond donors (Lipinski definition) is 2. The van der Waals surface area contributed by atoms with Crippen molar-refractivity contribution >= 4 is 22.8 Å². The Kier molecular flexibility index (Phi) is 4.48. The van der Waals surface area contributed by atoms with Gasteiger partial charge in [-0.15, -0.1) is 0 Å². The summed E-state index contributed by atoms with van der Waals surface area (Å²) in [5.74, 6) is 0.563. The van der Waals surface area contributed by atoms with Crippen LogP contribution in [0.4, 0.5) is 4.79 Å². The minimum Gasteiger partial charge on any atom is -0.490 e. The Hall–Kier alpha value is -3.79. The van der Waals surface area contributed by atoms with Crippen LogP contribution in [0.2, 0.25) is 0 Å². The molecule has 0 atom stereocenters. The number of aromatic nitrogens is 1. The molecule has 1 amide bonds. The van der Waals surface area contributed by atoms with Gasteiger partial charge in [0, 0.05) is 53.5 Å². The molecule has 7 heteroatoms. The Bertz CT molecular complexity index is 1310. The number of nitrogens with one attached hydrogen (secondary N) is 1. The van der Waals surface area contributed by atoms with Crippen LogP contribution in [0.3, 0.4) is 0 Å². The number of ether oxygens (including phenoxy) is 1. The van der Waals surface area contributed by atoms with E-state index in [1.54, 1.807) is 12.1 Å². The topological polar surface area (TPSA) is 106 Å². The van der Waals surface area contributed by atoms with Gasteiger partial charge in [-0.25, -0.2) is 4.79 Å². The van der Waals surface area contributed by atoms with Gasteiger partial charge in [0.15, 0.2) is 5.78 Å². The molecule has 2 N–H and O–H groups in total. The minimum atomic E-state index is -0.901. The highest BCUT2D eigenvalue weighted by molar-refractivity contribution is 6.20. The van der Waals surface area contributed by atoms with E-state index in [2.05, 4.69) is 24.9 Å². The average molecular weight is 429 g/mol. The van der Waals surface area contributed by atoms with E-state index in [1.165, 1.54) is 4.90 Å². The summed E-state index contributed by atoms with van der Waals surface area (Å²) < 4.78 is 6.14. The van der Waals surface area contributed by atoms with Crippen molar-refractivity contribution in [2.24, 2.45) is 0 Å². The molecule has 162 valence electrons. The zero-order valence-electron chi connectivity index (χ0n) is 17.9. The quantitative estimate of drug-likeness (QED) is 0.627. The lowest BCUT2D eigenvalue weighted by Gasteiger charge is -2.33. The first-order valence-electron chi connectivity index (χ1n) is 10.7. The van der Waals surface area contributed by atoms with E-state index in [0.29, 0.717) is 48.4 Å². The van der Waals surface area contributed by atoms with Crippen LogP contribution in [0, 0.1) is 11.3 Å². The molecule has 7 nitrogen and oxygen atoms in total. The number of carbonyl (C=O) groups excluding carboxylic acids is 1. The molecule has 1 aromatic heterocycles. The average Bonchev–Trinajstić information content (AvgIpc) is 3.18. The van der Waals surface area contributed by atoms with Gasteiger partial charge in [-0.1, -0.05) is 26.0 Å². The van der Waals surface area contributed by atoms with Crippen LogP contribution in [-0.2, 0) is 5.41 Å². The lowest BCUT2D eigenvalue weighted by molar-refractivity contribution is 0.0890. The van der Waals surface area contributed by atoms with Gasteiger partial charge in [0.2, 0.25) is 0 Å². The summed E-state index contributed by atoms with van der Waals surface area (Å²) in [6, 6.07) is 13.1. The summed E-state index contributed by atoms with van der Waals surface area (Å²) in [5, 5.41) is 19.2. The van der Waals surface area contributed by atoms with Crippen LogP contribution in [0.25, 0.3) is 10.9 Å². The number of H-pyrrole nitrogens is 1. The molecule has 0 radical (unpaired) electrons. The first-order valence-corrected chi connectivity index (χ1v) is 10.7. The first-order chi connectivity index (χ1) is 15.3. The molecule has 1 aliphatic carbocycles. The Morgan fingerprint density at radius 1 is 1.22 bits per heavy atom. The third kappa shape index (κ3) is 3.02. The highest BCUT2D eigenvalue weighted by Crippen LogP contribution is 2.44. The number of benzene rings is 2. The number of amides is 1. The predicted octanol–water partition coefficient (Wildman–Crippen LogP) is 4.43. The zero-order valence-corrected chi connectivity index (χ0v) is 17.9. The maximum Gasteiger partial charge on any atom is 0.407 e. The Morgan fingerprint density at radius 3 is 2.66 bits per heavy atom. The molecule has 5 rings (SSSR count). The normalized spacial score (nSPS) is 17.5. The minimum absolute atomic E-state index is 0.0589. The van der Waals surface area contributed by atoms with Crippen molar-refractivity contribution < 1.29 is 19.4 Å². The molecule has 2 heterocycles. The Morgan fingerprint density at radius 2 is 1.97 bits per heavy atom. The second kappa shape index (κ2) is 7.13. The third-order valence-corrected chi connectivity index (χ3v) is 6.70. The van der Waals surface area contributed by atoms with E-state index in [9.17, 15) is 14.9 Å². The summed E-state index contributed by atoms with van der Waals surface area (Å²) in [6.07, 6.45) is 0.262. The summed E-state index contributed by atoms with van der Waals surface area (Å²) in [6.45, 7) is 5.06. The molecule has 1 aliphatic heterocycles. The number of rotatable bonds is 2. The number of likely N-dealkylation sites (tertiary alicyclic amines) is 1. The number of piperidine rings is 1. The van der Waals surface area contributed by atoms with Crippen LogP contribution in [0.15, 0.2) is 36.4 Å². The van der Waals surface area contributed by atoms with Crippen molar-refractivity contribution in [1.82, 2.24) is 9.88 Å². The van der Waals surface area contributed by atoms with Crippen LogP contribution in [-0.4, -0.2) is 46.1 Å². The van der Waals surface area contributed by atoms with Crippen molar-refractivity contribution in [2.45, 2.75) is 38.2 Å². The fourth-order valence-corrected chi connectivity index (χ4v) is 4.93. The molecule has 0 bridgehead atoms. The van der Waals surface area contributed by atoms with E-state index in [-0.39, 0.29) is 11.9 Å². The van der Waals surface area contributed by atoms with E-state index in [0.717, 1.165) is 22.2 Å². The molecule has 0 saturated carbocycles. The molecular weight excluding hydrogens is 406 g/mol. The molecule has 0 spiro atoms. The highest BCUT2D eigenvalue weighted by atomic mass is 16.5. The molecule has 32 heavy (non-hydrogen) atoms. The van der Waals surface area contributed by atoms with Crippen LogP contribution in [0.1, 0.15) is 59.4 Å². The number of nitriles is 1. The lowest BCUT2D eigenvalue weighted by Crippen LogP contribution is -2.41. The number of carbonyl (C=O) groups is 2. The number of nitrogens with zero attached hydrogens (tertiary/aromatic N) is 2. The molecule has 3 aromatic rings. The fraction of sp³-hybridized carbons (Fsp3) is 0.320. The van der Waals surface area contributed by atoms with Crippen molar-refractivity contribution in [3.8, 4) is 11.8 Å². The Labute approximate surface area is 185 Å². The number of hydrogen-bond acceptors (Lipinski definition) is 4.